The molecule has 3 heteroatoms. The molecule has 3 nitrogen and oxygen atoms in total. The molecule has 0 saturated carbocycles. The van der Waals surface area contributed by atoms with Crippen molar-refractivity contribution in [2.24, 2.45) is 4.99 Å². The fraction of sp³-hybridized carbons (Fsp3) is 0. The van der Waals surface area contributed by atoms with Gasteiger partial charge in [0.15, 0.2) is 0 Å². The van der Waals surface area contributed by atoms with Crippen LogP contribution in [0.15, 0.2) is 35.6 Å². The molecular formula is C9H8N2O. The summed E-state index contributed by atoms with van der Waals surface area (Å²) in [6.07, 6.45) is 5.02. The number of fused-ring (bicyclic) bond motifs is 1. The van der Waals surface area contributed by atoms with Crippen LogP contribution in [0.5, 0.6) is 5.75 Å². The van der Waals surface area contributed by atoms with Gasteiger partial charge in [-0.2, -0.15) is 0 Å². The molecule has 60 valence electrons. The molecule has 0 bridgehead atoms. The topological polar surface area (TPSA) is 44.6 Å². The number of nitrogens with one attached hydrogen (secondary N) is 1. The smallest absolute Gasteiger partial charge is 0.139 e. The van der Waals surface area contributed by atoms with Crippen molar-refractivity contribution in [3.63, 3.8) is 0 Å². The lowest BCUT2D eigenvalue weighted by Crippen LogP contribution is -1.91. The number of phenols is 1. The number of hydrogen-bond acceptors (Lipinski definition) is 3. The number of benzene rings is 1. The molecule has 0 aliphatic carbocycles. The second-order valence-electron chi connectivity index (χ2n) is 2.48. The summed E-state index contributed by atoms with van der Waals surface area (Å²) in [5.41, 5.74) is 1.59. The van der Waals surface area contributed by atoms with E-state index in [9.17, 15) is 5.11 Å². The molecule has 0 radical (unpaired) electrons. The second kappa shape index (κ2) is 2.70. The Hall–Kier alpha value is -1.77. The molecule has 1 aromatic rings. The van der Waals surface area contributed by atoms with E-state index in [1.54, 1.807) is 30.7 Å². The molecule has 0 aromatic heterocycles. The summed E-state index contributed by atoms with van der Waals surface area (Å²) >= 11 is 0. The van der Waals surface area contributed by atoms with E-state index in [1.807, 2.05) is 6.07 Å². The number of para-hydroxylation sites is 1. The SMILES string of the molecule is Oc1cccc2c1NC=CN=C2. The predicted octanol–water partition coefficient (Wildman–Crippen LogP) is 1.71. The minimum Gasteiger partial charge on any atom is -0.506 e. The molecule has 1 aromatic carbocycles. The molecule has 1 heterocycles. The van der Waals surface area contributed by atoms with E-state index in [0.717, 1.165) is 5.56 Å². The van der Waals surface area contributed by atoms with E-state index in [0.29, 0.717) is 5.69 Å². The molecule has 0 saturated heterocycles. The minimum absolute atomic E-state index is 0.241. The minimum atomic E-state index is 0.241. The molecule has 2 rings (SSSR count). The highest BCUT2D eigenvalue weighted by molar-refractivity contribution is 5.91. The number of rotatable bonds is 0. The van der Waals surface area contributed by atoms with Gasteiger partial charge < -0.3 is 10.4 Å². The fourth-order valence-corrected chi connectivity index (χ4v) is 1.11. The van der Waals surface area contributed by atoms with Gasteiger partial charge in [-0.15, -0.1) is 0 Å². The van der Waals surface area contributed by atoms with E-state index in [-0.39, 0.29) is 5.75 Å². The van der Waals surface area contributed by atoms with Gasteiger partial charge in [0.2, 0.25) is 0 Å². The van der Waals surface area contributed by atoms with Crippen molar-refractivity contribution in [3.8, 4) is 5.75 Å². The molecule has 1 aliphatic rings. The van der Waals surface area contributed by atoms with E-state index >= 15 is 0 Å². The van der Waals surface area contributed by atoms with Gasteiger partial charge >= 0.3 is 0 Å². The van der Waals surface area contributed by atoms with Crippen LogP contribution in [-0.4, -0.2) is 11.3 Å². The molecule has 0 unspecified atom stereocenters. The van der Waals surface area contributed by atoms with Crippen LogP contribution in [0.25, 0.3) is 0 Å². The van der Waals surface area contributed by atoms with E-state index in [2.05, 4.69) is 10.3 Å². The monoisotopic (exact) mass is 160 g/mol. The number of phenolic OH excluding ortho intramolecular Hbond substituents is 1. The Morgan fingerprint density at radius 1 is 1.33 bits per heavy atom. The first kappa shape index (κ1) is 6.91. The van der Waals surface area contributed by atoms with Crippen molar-refractivity contribution in [2.75, 3.05) is 5.32 Å². The standard InChI is InChI=1S/C9H8N2O/c12-8-3-1-2-7-6-10-4-5-11-9(7)8/h1-6,11-12H. The number of nitrogens with zero attached hydrogens (tertiary/aromatic N) is 1. The van der Waals surface area contributed by atoms with Crippen LogP contribution in [-0.2, 0) is 0 Å². The third-order valence-corrected chi connectivity index (χ3v) is 1.68. The maximum absolute atomic E-state index is 9.42. The first-order valence-electron chi connectivity index (χ1n) is 3.64. The third-order valence-electron chi connectivity index (χ3n) is 1.68. The summed E-state index contributed by atoms with van der Waals surface area (Å²) in [6.45, 7) is 0. The Kier molecular flexibility index (Phi) is 1.55. The van der Waals surface area contributed by atoms with Gasteiger partial charge in [0, 0.05) is 24.2 Å². The van der Waals surface area contributed by atoms with Crippen LogP contribution in [0.2, 0.25) is 0 Å². The normalized spacial score (nSPS) is 13.3. The van der Waals surface area contributed by atoms with Gasteiger partial charge in [0.05, 0.1) is 5.69 Å². The summed E-state index contributed by atoms with van der Waals surface area (Å²) in [4.78, 5) is 3.97. The highest BCUT2D eigenvalue weighted by Crippen LogP contribution is 2.26. The summed E-state index contributed by atoms with van der Waals surface area (Å²) in [6, 6.07) is 5.31. The van der Waals surface area contributed by atoms with Gasteiger partial charge in [-0.25, -0.2) is 0 Å². The number of anilines is 1. The Balaban J connectivity index is 2.59. The van der Waals surface area contributed by atoms with Gasteiger partial charge in [0.25, 0.3) is 0 Å². The van der Waals surface area contributed by atoms with Crippen LogP contribution in [0.1, 0.15) is 5.56 Å². The maximum atomic E-state index is 9.42. The van der Waals surface area contributed by atoms with Crippen LogP contribution >= 0.6 is 0 Å². The van der Waals surface area contributed by atoms with Gasteiger partial charge in [-0.3, -0.25) is 4.99 Å². The van der Waals surface area contributed by atoms with Crippen molar-refractivity contribution >= 4 is 11.9 Å². The fourth-order valence-electron chi connectivity index (χ4n) is 1.11. The average Bonchev–Trinajstić information content (AvgIpc) is 2.30. The second-order valence-corrected chi connectivity index (χ2v) is 2.48. The first-order chi connectivity index (χ1) is 5.88. The predicted molar refractivity (Wildman–Crippen MR) is 48.5 cm³/mol. The van der Waals surface area contributed by atoms with Crippen LogP contribution < -0.4 is 5.32 Å². The zero-order valence-electron chi connectivity index (χ0n) is 6.36. The van der Waals surface area contributed by atoms with Gasteiger partial charge in [-0.1, -0.05) is 12.1 Å². The quantitative estimate of drug-likeness (QED) is 0.567. The highest BCUT2D eigenvalue weighted by atomic mass is 16.3. The summed E-state index contributed by atoms with van der Waals surface area (Å²) in [5.74, 6) is 0.241. The molecule has 12 heavy (non-hydrogen) atoms. The Morgan fingerprint density at radius 2 is 2.25 bits per heavy atom. The van der Waals surface area contributed by atoms with Crippen molar-refractivity contribution < 1.29 is 5.11 Å². The summed E-state index contributed by atoms with van der Waals surface area (Å²) in [5, 5.41) is 12.4. The molecule has 1 aliphatic heterocycles. The van der Waals surface area contributed by atoms with E-state index in [1.165, 1.54) is 0 Å². The third kappa shape index (κ3) is 1.05. The van der Waals surface area contributed by atoms with Crippen molar-refractivity contribution in [1.82, 2.24) is 0 Å². The van der Waals surface area contributed by atoms with Crippen molar-refractivity contribution in [3.05, 3.63) is 36.2 Å². The molecular weight excluding hydrogens is 152 g/mol. The number of hydrogen-bond donors (Lipinski definition) is 2. The van der Waals surface area contributed by atoms with Crippen LogP contribution in [0.3, 0.4) is 0 Å². The summed E-state index contributed by atoms with van der Waals surface area (Å²) in [7, 11) is 0. The zero-order valence-corrected chi connectivity index (χ0v) is 6.36. The van der Waals surface area contributed by atoms with E-state index < -0.39 is 0 Å². The molecule has 0 spiro atoms. The van der Waals surface area contributed by atoms with Crippen molar-refractivity contribution in [2.45, 2.75) is 0 Å². The van der Waals surface area contributed by atoms with Crippen LogP contribution in [0, 0.1) is 0 Å². The Morgan fingerprint density at radius 3 is 3.17 bits per heavy atom. The number of aromatic hydroxyl groups is 1. The van der Waals surface area contributed by atoms with Crippen molar-refractivity contribution in [1.29, 1.82) is 0 Å². The van der Waals surface area contributed by atoms with E-state index in [4.69, 9.17) is 0 Å². The van der Waals surface area contributed by atoms with Crippen LogP contribution in [0.4, 0.5) is 5.69 Å². The molecule has 0 atom stereocenters. The lowest BCUT2D eigenvalue weighted by Gasteiger charge is -2.05. The maximum Gasteiger partial charge on any atom is 0.139 e. The highest BCUT2D eigenvalue weighted by Gasteiger charge is 2.04. The lowest BCUT2D eigenvalue weighted by atomic mass is 10.2. The zero-order chi connectivity index (χ0) is 8.39. The average molecular weight is 160 g/mol. The molecule has 0 amide bonds. The molecule has 0 fully saturated rings. The first-order valence-corrected chi connectivity index (χ1v) is 3.64. The Labute approximate surface area is 70.1 Å². The van der Waals surface area contributed by atoms with Gasteiger partial charge in [-0.05, 0) is 6.07 Å². The Bertz CT molecular complexity index is 356. The van der Waals surface area contributed by atoms with Gasteiger partial charge in [0.1, 0.15) is 5.75 Å². The molecule has 2 N–H and O–H groups in total. The lowest BCUT2D eigenvalue weighted by molar-refractivity contribution is 0.477. The summed E-state index contributed by atoms with van der Waals surface area (Å²) < 4.78 is 0. The number of aliphatic imine (C=N–C) groups is 1. The largest absolute Gasteiger partial charge is 0.506 e.